The number of nitrogens with one attached hydrogen (secondary N) is 2. The second kappa shape index (κ2) is 15.1. The lowest BCUT2D eigenvalue weighted by Gasteiger charge is -2.13. The van der Waals surface area contributed by atoms with Gasteiger partial charge in [0, 0.05) is 16.0 Å². The maximum Gasteiger partial charge on any atom is 0.296 e. The van der Waals surface area contributed by atoms with Gasteiger partial charge in [-0.15, -0.1) is 8.67 Å². The van der Waals surface area contributed by atoms with Crippen molar-refractivity contribution in [1.82, 2.24) is 0 Å². The van der Waals surface area contributed by atoms with E-state index >= 15 is 0 Å². The van der Waals surface area contributed by atoms with Gasteiger partial charge < -0.3 is 10.6 Å². The highest BCUT2D eigenvalue weighted by molar-refractivity contribution is 7.95. The summed E-state index contributed by atoms with van der Waals surface area (Å²) < 4.78 is 76.0. The summed E-state index contributed by atoms with van der Waals surface area (Å²) in [5.74, 6) is -1.31. The van der Waals surface area contributed by atoms with Crippen LogP contribution in [0.3, 0.4) is 0 Å². The molecule has 0 heterocycles. The fourth-order valence-electron chi connectivity index (χ4n) is 5.22. The van der Waals surface area contributed by atoms with E-state index in [1.807, 2.05) is 0 Å². The smallest absolute Gasteiger partial charge is 0.296 e. The quantitative estimate of drug-likeness (QED) is 0.0316. The van der Waals surface area contributed by atoms with Crippen LogP contribution in [0.5, 0.6) is 0 Å². The number of amides is 2. The Balaban J connectivity index is 1.28. The van der Waals surface area contributed by atoms with Gasteiger partial charge in [-0.2, -0.15) is 16.8 Å². The lowest BCUT2D eigenvalue weighted by Crippen LogP contribution is -2.15. The monoisotopic (exact) mass is 786 g/mol. The van der Waals surface area contributed by atoms with E-state index in [4.69, 9.17) is 10.5 Å². The van der Waals surface area contributed by atoms with Gasteiger partial charge in [-0.25, -0.2) is 10.5 Å². The van der Waals surface area contributed by atoms with Crippen LogP contribution in [0.25, 0.3) is 32.3 Å². The third-order valence-electron chi connectivity index (χ3n) is 7.57. The molecule has 0 radical (unpaired) electrons. The van der Waals surface area contributed by atoms with E-state index in [9.17, 15) is 35.5 Å². The fraction of sp³-hybridized carbons (Fsp3) is 0. The molecule has 0 spiro atoms. The van der Waals surface area contributed by atoms with Crippen molar-refractivity contribution in [2.75, 3.05) is 10.6 Å². The molecule has 6 aromatic carbocycles. The standard InChI is InChI=1S/C32H22N2O14S4/c35-31(33-27-13-18-5-7-25(49-47-45-37)11-23(18)15-29(27)50-48-46-38)20-3-1-17-2-4-21(10-22(17)9-20)32(36)34-28-14-19-6-8-26(51(39,40)41)12-24(19)16-30(28)52(42,43)44/h1-16,37-38H,(H,33,35)(H,34,36)(H,39,40,41)(H,42,43,44). The molecule has 0 atom stereocenters. The molecule has 268 valence electrons. The number of carbonyl (C=O) groups is 2. The number of benzene rings is 6. The first kappa shape index (κ1) is 37.1. The maximum absolute atomic E-state index is 13.5. The van der Waals surface area contributed by atoms with Crippen molar-refractivity contribution in [3.8, 4) is 0 Å². The molecule has 6 rings (SSSR count). The lowest BCUT2D eigenvalue weighted by atomic mass is 10.0. The minimum Gasteiger partial charge on any atom is -0.321 e. The van der Waals surface area contributed by atoms with Gasteiger partial charge in [-0.3, -0.25) is 18.7 Å². The average molecular weight is 787 g/mol. The Labute approximate surface area is 301 Å². The topological polar surface area (TPSA) is 244 Å². The van der Waals surface area contributed by atoms with Crippen LogP contribution in [-0.4, -0.2) is 48.3 Å². The van der Waals surface area contributed by atoms with Crippen molar-refractivity contribution in [3.63, 3.8) is 0 Å². The van der Waals surface area contributed by atoms with Crippen molar-refractivity contribution < 1.29 is 64.8 Å². The van der Waals surface area contributed by atoms with Crippen LogP contribution in [-0.2, 0) is 39.0 Å². The van der Waals surface area contributed by atoms with Crippen LogP contribution in [0.4, 0.5) is 11.4 Å². The summed E-state index contributed by atoms with van der Waals surface area (Å²) >= 11 is 1.36. The van der Waals surface area contributed by atoms with Crippen LogP contribution in [0, 0.1) is 0 Å². The second-order valence-electron chi connectivity index (χ2n) is 10.8. The highest BCUT2D eigenvalue weighted by Crippen LogP contribution is 2.35. The van der Waals surface area contributed by atoms with Crippen molar-refractivity contribution in [1.29, 1.82) is 0 Å². The number of fused-ring (bicyclic) bond motifs is 3. The maximum atomic E-state index is 13.5. The average Bonchev–Trinajstić information content (AvgIpc) is 3.11. The number of rotatable bonds is 12. The summed E-state index contributed by atoms with van der Waals surface area (Å²) in [7, 11) is -9.53. The Morgan fingerprint density at radius 2 is 1.08 bits per heavy atom. The first-order valence-corrected chi connectivity index (χ1v) is 18.7. The van der Waals surface area contributed by atoms with E-state index in [-0.39, 0.29) is 22.2 Å². The summed E-state index contributed by atoms with van der Waals surface area (Å²) in [6, 6.07) is 23.3. The zero-order valence-electron chi connectivity index (χ0n) is 25.7. The fourth-order valence-corrected chi connectivity index (χ4v) is 7.29. The number of carbonyl (C=O) groups excluding carboxylic acids is 2. The van der Waals surface area contributed by atoms with Gasteiger partial charge in [0.1, 0.15) is 4.90 Å². The van der Waals surface area contributed by atoms with Gasteiger partial charge in [-0.05, 0) is 105 Å². The molecule has 0 bridgehead atoms. The van der Waals surface area contributed by atoms with E-state index in [1.54, 1.807) is 48.5 Å². The summed E-state index contributed by atoms with van der Waals surface area (Å²) in [6.45, 7) is 0. The molecule has 20 heteroatoms. The van der Waals surface area contributed by atoms with Crippen molar-refractivity contribution in [2.45, 2.75) is 19.6 Å². The third kappa shape index (κ3) is 8.34. The molecule has 6 N–H and O–H groups in total. The molecule has 0 saturated heterocycles. The van der Waals surface area contributed by atoms with Crippen molar-refractivity contribution in [3.05, 3.63) is 108 Å². The predicted octanol–water partition coefficient (Wildman–Crippen LogP) is 7.00. The summed E-state index contributed by atoms with van der Waals surface area (Å²) in [5, 5.41) is 32.6. The van der Waals surface area contributed by atoms with Gasteiger partial charge >= 0.3 is 0 Å². The van der Waals surface area contributed by atoms with E-state index in [0.717, 1.165) is 30.2 Å². The normalized spacial score (nSPS) is 12.0. The van der Waals surface area contributed by atoms with Gasteiger partial charge in [0.15, 0.2) is 0 Å². The summed E-state index contributed by atoms with van der Waals surface area (Å²) in [4.78, 5) is 26.5. The molecule has 0 aliphatic carbocycles. The molecule has 52 heavy (non-hydrogen) atoms. The molecule has 0 aliphatic heterocycles. The van der Waals surface area contributed by atoms with Gasteiger partial charge in [0.05, 0.1) is 45.3 Å². The molecule has 0 fully saturated rings. The van der Waals surface area contributed by atoms with E-state index < -0.39 is 41.8 Å². The predicted molar refractivity (Wildman–Crippen MR) is 189 cm³/mol. The van der Waals surface area contributed by atoms with Gasteiger partial charge in [-0.1, -0.05) is 34.3 Å². The molecule has 16 nitrogen and oxygen atoms in total. The highest BCUT2D eigenvalue weighted by atomic mass is 32.2. The first-order chi connectivity index (χ1) is 24.7. The van der Waals surface area contributed by atoms with Crippen molar-refractivity contribution in [2.24, 2.45) is 0 Å². The number of anilines is 2. The zero-order chi connectivity index (χ0) is 37.2. The Hall–Kier alpha value is -4.68. The number of hydrogen-bond donors (Lipinski definition) is 6. The summed E-state index contributed by atoms with van der Waals surface area (Å²) in [6.07, 6.45) is 0. The van der Waals surface area contributed by atoms with E-state index in [2.05, 4.69) is 29.4 Å². The Morgan fingerprint density at radius 1 is 0.538 bits per heavy atom. The SMILES string of the molecule is O=C(Nc1cc2ccc(SOOO)cc2cc1SOOO)c1ccc2ccc(C(=O)Nc3cc4ccc(S(=O)(=O)O)cc4cc3S(=O)(=O)O)cc2c1. The largest absolute Gasteiger partial charge is 0.321 e. The molecule has 0 aliphatic rings. The minimum atomic E-state index is -4.92. The van der Waals surface area contributed by atoms with Crippen LogP contribution in [0.1, 0.15) is 20.7 Å². The lowest BCUT2D eigenvalue weighted by molar-refractivity contribution is -0.432. The number of hydrogen-bond acceptors (Lipinski definition) is 14. The molecule has 0 aromatic heterocycles. The summed E-state index contributed by atoms with van der Waals surface area (Å²) in [5.41, 5.74) is 0.258. The second-order valence-corrected chi connectivity index (χ2v) is 15.1. The van der Waals surface area contributed by atoms with Crippen LogP contribution >= 0.6 is 24.1 Å². The molecular weight excluding hydrogens is 765 g/mol. The van der Waals surface area contributed by atoms with Crippen molar-refractivity contribution >= 4 is 99.8 Å². The zero-order valence-corrected chi connectivity index (χ0v) is 29.0. The minimum absolute atomic E-state index is 0.0500. The van der Waals surface area contributed by atoms with Crippen LogP contribution in [0.2, 0.25) is 0 Å². The molecule has 6 aromatic rings. The molecule has 2 amide bonds. The molecule has 0 saturated carbocycles. The van der Waals surface area contributed by atoms with Crippen LogP contribution < -0.4 is 10.6 Å². The van der Waals surface area contributed by atoms with E-state index in [0.29, 0.717) is 54.5 Å². The Kier molecular flexibility index (Phi) is 10.8. The molecular formula is C32H22N2O14S4. The van der Waals surface area contributed by atoms with E-state index in [1.165, 1.54) is 30.3 Å². The van der Waals surface area contributed by atoms with Gasteiger partial charge in [0.2, 0.25) is 0 Å². The highest BCUT2D eigenvalue weighted by Gasteiger charge is 2.21. The third-order valence-corrected chi connectivity index (χ3v) is 10.5. The Morgan fingerprint density at radius 3 is 1.69 bits per heavy atom. The Bertz CT molecular complexity index is 2620. The molecule has 0 unspecified atom stereocenters. The van der Waals surface area contributed by atoms with Crippen LogP contribution in [0.15, 0.2) is 117 Å². The first-order valence-electron chi connectivity index (χ1n) is 14.3. The van der Waals surface area contributed by atoms with Gasteiger partial charge in [0.25, 0.3) is 32.1 Å².